The van der Waals surface area contributed by atoms with Crippen LogP contribution in [-0.2, 0) is 0 Å². The molecule has 2 atom stereocenters. The lowest BCUT2D eigenvalue weighted by molar-refractivity contribution is 0.179. The molecule has 1 aromatic carbocycles. The number of rotatable bonds is 4. The van der Waals surface area contributed by atoms with E-state index in [9.17, 15) is 5.11 Å². The van der Waals surface area contributed by atoms with Crippen molar-refractivity contribution in [2.45, 2.75) is 11.4 Å². The van der Waals surface area contributed by atoms with Gasteiger partial charge in [0.15, 0.2) is 0 Å². The first-order valence-corrected chi connectivity index (χ1v) is 8.05. The molecule has 1 aliphatic heterocycles. The van der Waals surface area contributed by atoms with E-state index in [1.54, 1.807) is 14.2 Å². The van der Waals surface area contributed by atoms with Gasteiger partial charge in [-0.05, 0) is 17.7 Å². The Labute approximate surface area is 116 Å². The molecule has 2 rings (SSSR count). The first-order chi connectivity index (χ1) is 8.74. The molecule has 2 unspecified atom stereocenters. The second-order valence-electron chi connectivity index (χ2n) is 4.07. The van der Waals surface area contributed by atoms with Gasteiger partial charge in [0.25, 0.3) is 0 Å². The van der Waals surface area contributed by atoms with Crippen LogP contribution in [0, 0.1) is 0 Å². The lowest BCUT2D eigenvalue weighted by Crippen LogP contribution is -2.22. The second kappa shape index (κ2) is 6.59. The van der Waals surface area contributed by atoms with Gasteiger partial charge in [0.1, 0.15) is 11.5 Å². The van der Waals surface area contributed by atoms with Gasteiger partial charge in [0, 0.05) is 28.6 Å². The molecule has 1 aromatic rings. The molecule has 0 spiro atoms. The van der Waals surface area contributed by atoms with Crippen LogP contribution in [0.2, 0.25) is 0 Å². The summed E-state index contributed by atoms with van der Waals surface area (Å²) < 4.78 is 10.5. The van der Waals surface area contributed by atoms with Crippen molar-refractivity contribution in [1.29, 1.82) is 0 Å². The number of thioether (sulfide) groups is 2. The van der Waals surface area contributed by atoms with Crippen molar-refractivity contribution in [2.75, 3.05) is 31.5 Å². The molecule has 1 heterocycles. The molecule has 0 aromatic heterocycles. The molecule has 0 saturated carbocycles. The van der Waals surface area contributed by atoms with Crippen molar-refractivity contribution in [2.24, 2.45) is 0 Å². The summed E-state index contributed by atoms with van der Waals surface area (Å²) in [5.41, 5.74) is 0.867. The molecule has 1 fully saturated rings. The molecule has 1 aliphatic rings. The zero-order valence-corrected chi connectivity index (χ0v) is 12.2. The normalized spacial score (nSPS) is 21.4. The molecule has 100 valence electrons. The van der Waals surface area contributed by atoms with E-state index in [4.69, 9.17) is 9.47 Å². The highest BCUT2D eigenvalue weighted by Gasteiger charge is 2.24. The van der Waals surface area contributed by atoms with Gasteiger partial charge in [0.2, 0.25) is 0 Å². The van der Waals surface area contributed by atoms with E-state index in [0.717, 1.165) is 28.6 Å². The van der Waals surface area contributed by atoms with Gasteiger partial charge >= 0.3 is 0 Å². The highest BCUT2D eigenvalue weighted by molar-refractivity contribution is 8.06. The Hall–Kier alpha value is -0.520. The van der Waals surface area contributed by atoms with Crippen LogP contribution in [0.15, 0.2) is 18.2 Å². The fourth-order valence-electron chi connectivity index (χ4n) is 1.90. The summed E-state index contributed by atoms with van der Waals surface area (Å²) in [6.45, 7) is 0. The number of aliphatic hydroxyl groups excluding tert-OH is 1. The smallest absolute Gasteiger partial charge is 0.122 e. The van der Waals surface area contributed by atoms with Crippen molar-refractivity contribution in [3.63, 3.8) is 0 Å². The maximum atomic E-state index is 10.4. The fraction of sp³-hybridized carbons (Fsp3) is 0.538. The zero-order chi connectivity index (χ0) is 13.0. The third-order valence-corrected chi connectivity index (χ3v) is 5.76. The Morgan fingerprint density at radius 2 is 1.83 bits per heavy atom. The van der Waals surface area contributed by atoms with Crippen LogP contribution in [0.1, 0.15) is 11.7 Å². The lowest BCUT2D eigenvalue weighted by atomic mass is 10.1. The summed E-state index contributed by atoms with van der Waals surface area (Å²) in [7, 11) is 3.24. The third-order valence-electron chi connectivity index (χ3n) is 2.91. The summed E-state index contributed by atoms with van der Waals surface area (Å²) in [6.07, 6.45) is -0.466. The minimum absolute atomic E-state index is 0.251. The van der Waals surface area contributed by atoms with Crippen molar-refractivity contribution >= 4 is 23.5 Å². The van der Waals surface area contributed by atoms with Gasteiger partial charge in [0.05, 0.1) is 20.3 Å². The molecular weight excluding hydrogens is 268 g/mol. The van der Waals surface area contributed by atoms with Crippen LogP contribution in [-0.4, -0.2) is 41.8 Å². The topological polar surface area (TPSA) is 38.7 Å². The van der Waals surface area contributed by atoms with Crippen molar-refractivity contribution in [3.8, 4) is 11.5 Å². The molecule has 0 radical (unpaired) electrons. The van der Waals surface area contributed by atoms with Crippen LogP contribution < -0.4 is 9.47 Å². The number of methoxy groups -OCH3 is 2. The summed E-state index contributed by atoms with van der Waals surface area (Å²) in [5.74, 6) is 4.71. The molecule has 0 aliphatic carbocycles. The van der Waals surface area contributed by atoms with Crippen LogP contribution in [0.4, 0.5) is 0 Å². The Bertz CT molecular complexity index is 370. The number of hydrogen-bond donors (Lipinski definition) is 1. The van der Waals surface area contributed by atoms with Gasteiger partial charge in [-0.25, -0.2) is 0 Å². The standard InChI is InChI=1S/C13H18O3S2/c1-15-10-5-9(6-11(7-10)16-2)13(14)12-8-17-3-4-18-12/h5-7,12-14H,3-4,8H2,1-2H3. The minimum Gasteiger partial charge on any atom is -0.497 e. The largest absolute Gasteiger partial charge is 0.497 e. The van der Waals surface area contributed by atoms with Gasteiger partial charge in [-0.3, -0.25) is 0 Å². The lowest BCUT2D eigenvalue weighted by Gasteiger charge is -2.26. The molecule has 5 heteroatoms. The van der Waals surface area contributed by atoms with E-state index in [-0.39, 0.29) is 5.25 Å². The maximum Gasteiger partial charge on any atom is 0.122 e. The predicted octanol–water partition coefficient (Wildman–Crippen LogP) is 2.59. The van der Waals surface area contributed by atoms with E-state index >= 15 is 0 Å². The van der Waals surface area contributed by atoms with Crippen LogP contribution in [0.5, 0.6) is 11.5 Å². The number of benzene rings is 1. The predicted molar refractivity (Wildman–Crippen MR) is 78.1 cm³/mol. The Balaban J connectivity index is 2.19. The SMILES string of the molecule is COc1cc(OC)cc(C(O)C2CSCCS2)c1. The Kier molecular flexibility index (Phi) is 5.09. The van der Waals surface area contributed by atoms with Crippen molar-refractivity contribution in [1.82, 2.24) is 0 Å². The molecular formula is C13H18O3S2. The van der Waals surface area contributed by atoms with Crippen molar-refractivity contribution in [3.05, 3.63) is 23.8 Å². The highest BCUT2D eigenvalue weighted by Crippen LogP contribution is 2.36. The summed E-state index contributed by atoms with van der Waals surface area (Å²) in [6, 6.07) is 5.58. The first kappa shape index (κ1) is 13.9. The second-order valence-corrected chi connectivity index (χ2v) is 6.57. The van der Waals surface area contributed by atoms with Crippen molar-refractivity contribution < 1.29 is 14.6 Å². The third kappa shape index (κ3) is 3.28. The monoisotopic (exact) mass is 286 g/mol. The van der Waals surface area contributed by atoms with Gasteiger partial charge < -0.3 is 14.6 Å². The average Bonchev–Trinajstić information content (AvgIpc) is 2.46. The van der Waals surface area contributed by atoms with E-state index < -0.39 is 6.10 Å². The summed E-state index contributed by atoms with van der Waals surface area (Å²) in [4.78, 5) is 0. The molecule has 3 nitrogen and oxygen atoms in total. The quantitative estimate of drug-likeness (QED) is 0.921. The van der Waals surface area contributed by atoms with Crippen LogP contribution >= 0.6 is 23.5 Å². The Morgan fingerprint density at radius 1 is 1.17 bits per heavy atom. The number of aliphatic hydroxyl groups is 1. The number of ether oxygens (including phenoxy) is 2. The van der Waals surface area contributed by atoms with Crippen LogP contribution in [0.3, 0.4) is 0 Å². The molecule has 0 bridgehead atoms. The van der Waals surface area contributed by atoms with E-state index in [0.29, 0.717) is 0 Å². The molecule has 18 heavy (non-hydrogen) atoms. The summed E-state index contributed by atoms with van der Waals surface area (Å²) >= 11 is 3.74. The average molecular weight is 286 g/mol. The molecule has 1 saturated heterocycles. The van der Waals surface area contributed by atoms with Gasteiger partial charge in [-0.1, -0.05) is 0 Å². The van der Waals surface area contributed by atoms with E-state index in [1.165, 1.54) is 5.75 Å². The molecule has 0 amide bonds. The first-order valence-electron chi connectivity index (χ1n) is 5.85. The Morgan fingerprint density at radius 3 is 2.33 bits per heavy atom. The van der Waals surface area contributed by atoms with Gasteiger partial charge in [-0.2, -0.15) is 23.5 Å². The van der Waals surface area contributed by atoms with Crippen LogP contribution in [0.25, 0.3) is 0 Å². The highest BCUT2D eigenvalue weighted by atomic mass is 32.2. The van der Waals surface area contributed by atoms with E-state index in [2.05, 4.69) is 0 Å². The maximum absolute atomic E-state index is 10.4. The molecule has 1 N–H and O–H groups in total. The number of hydrogen-bond acceptors (Lipinski definition) is 5. The fourth-order valence-corrected chi connectivity index (χ4v) is 4.66. The minimum atomic E-state index is -0.466. The zero-order valence-electron chi connectivity index (χ0n) is 10.6. The summed E-state index contributed by atoms with van der Waals surface area (Å²) in [5, 5.41) is 10.7. The van der Waals surface area contributed by atoms with Gasteiger partial charge in [-0.15, -0.1) is 0 Å². The van der Waals surface area contributed by atoms with E-state index in [1.807, 2.05) is 41.7 Å².